The van der Waals surface area contributed by atoms with Crippen molar-refractivity contribution in [1.29, 1.82) is 0 Å². The van der Waals surface area contributed by atoms with E-state index in [0.29, 0.717) is 26.4 Å². The van der Waals surface area contributed by atoms with Crippen molar-refractivity contribution in [2.75, 3.05) is 6.61 Å². The van der Waals surface area contributed by atoms with Crippen LogP contribution in [0.5, 0.6) is 0 Å². The number of rotatable bonds is 12. The van der Waals surface area contributed by atoms with E-state index in [1.165, 1.54) is 0 Å². The van der Waals surface area contributed by atoms with Crippen molar-refractivity contribution in [3.05, 3.63) is 0 Å². The summed E-state index contributed by atoms with van der Waals surface area (Å²) in [6.07, 6.45) is -5.32. The van der Waals surface area contributed by atoms with E-state index in [1.807, 2.05) is 6.92 Å². The summed E-state index contributed by atoms with van der Waals surface area (Å²) < 4.78 is 82.7. The zero-order chi connectivity index (χ0) is 27.0. The highest BCUT2D eigenvalue weighted by Crippen LogP contribution is 2.59. The first-order valence-corrected chi connectivity index (χ1v) is 12.9. The van der Waals surface area contributed by atoms with E-state index in [2.05, 4.69) is 4.74 Å². The van der Waals surface area contributed by atoms with Gasteiger partial charge in [-0.05, 0) is 26.7 Å². The maximum absolute atomic E-state index is 13.5. The lowest BCUT2D eigenvalue weighted by atomic mass is 9.78. The van der Waals surface area contributed by atoms with Gasteiger partial charge in [0.05, 0.1) is 31.3 Å². The fourth-order valence-corrected chi connectivity index (χ4v) is 5.45. The molecule has 2 saturated carbocycles. The van der Waals surface area contributed by atoms with E-state index in [0.717, 1.165) is 0 Å². The molecule has 1 saturated heterocycles. The molecule has 0 aromatic rings. The molecule has 2 aliphatic carbocycles. The average Bonchev–Trinajstić information content (AvgIpc) is 3.39. The average molecular weight is 543 g/mol. The summed E-state index contributed by atoms with van der Waals surface area (Å²) >= 11 is 0. The summed E-state index contributed by atoms with van der Waals surface area (Å²) in [5.74, 6) is -6.07. The topological polar surface area (TPSA) is 169 Å². The molecule has 8 atom stereocenters. The lowest BCUT2D eigenvalue weighted by Crippen LogP contribution is -2.44. The van der Waals surface area contributed by atoms with Gasteiger partial charge in [-0.1, -0.05) is 6.92 Å². The van der Waals surface area contributed by atoms with Gasteiger partial charge in [0.2, 0.25) is 0 Å². The molecule has 0 aromatic carbocycles. The van der Waals surface area contributed by atoms with Gasteiger partial charge < -0.3 is 23.7 Å². The summed E-state index contributed by atoms with van der Waals surface area (Å²) in [5, 5.41) is -4.74. The summed E-state index contributed by atoms with van der Waals surface area (Å²) in [4.78, 5) is 49.4. The molecule has 0 amide bonds. The lowest BCUT2D eigenvalue weighted by molar-refractivity contribution is -0.186. The third-order valence-corrected chi connectivity index (χ3v) is 7.60. The third kappa shape index (κ3) is 5.47. The minimum absolute atomic E-state index is 0.349. The molecule has 3 rings (SSSR count). The molecule has 0 aromatic heterocycles. The standard InChI is InChI=1S/C21H28F2O12S/c1-4-7-31-10(3)33-19(26)15-11-8-12-16(15)20(27)35-18(12)17(11)34-14(25)6-5-13(24)32-9(2)21(22,23)36(28,29)30/h9-12,15-18H,4-8H2,1-3H3,(H,28,29,30). The molecular weight excluding hydrogens is 514 g/mol. The van der Waals surface area contributed by atoms with Gasteiger partial charge in [0.25, 0.3) is 0 Å². The van der Waals surface area contributed by atoms with Gasteiger partial charge in [-0.25, -0.2) is 0 Å². The summed E-state index contributed by atoms with van der Waals surface area (Å²) in [7, 11) is -5.82. The van der Waals surface area contributed by atoms with Gasteiger partial charge in [-0.2, -0.15) is 17.2 Å². The first kappa shape index (κ1) is 28.2. The zero-order valence-electron chi connectivity index (χ0n) is 19.8. The molecule has 2 bridgehead atoms. The molecule has 12 nitrogen and oxygen atoms in total. The maximum atomic E-state index is 13.5. The van der Waals surface area contributed by atoms with Gasteiger partial charge in [0.15, 0.2) is 12.4 Å². The van der Waals surface area contributed by atoms with Crippen molar-refractivity contribution in [3.8, 4) is 0 Å². The van der Waals surface area contributed by atoms with Crippen LogP contribution in [0.2, 0.25) is 0 Å². The molecule has 3 fully saturated rings. The molecule has 15 heteroatoms. The van der Waals surface area contributed by atoms with Crippen LogP contribution in [0, 0.1) is 23.7 Å². The number of carbonyl (C=O) groups excluding carboxylic acids is 4. The van der Waals surface area contributed by atoms with Gasteiger partial charge in [-0.15, -0.1) is 0 Å². The zero-order valence-corrected chi connectivity index (χ0v) is 20.6. The SMILES string of the molecule is CCCOC(C)OC(=O)C1C2CC3C(OC(=O)C31)C2OC(=O)CCC(=O)OC(C)C(F)(F)S(=O)(=O)O. The van der Waals surface area contributed by atoms with Crippen LogP contribution in [0.3, 0.4) is 0 Å². The Morgan fingerprint density at radius 1 is 1.14 bits per heavy atom. The Balaban J connectivity index is 1.57. The Kier molecular flexibility index (Phi) is 8.25. The quantitative estimate of drug-likeness (QED) is 0.162. The summed E-state index contributed by atoms with van der Waals surface area (Å²) in [6, 6.07) is 0. The van der Waals surface area contributed by atoms with Crippen LogP contribution in [-0.2, 0) is 53.0 Å². The number of alkyl halides is 2. The van der Waals surface area contributed by atoms with Gasteiger partial charge in [0.1, 0.15) is 12.2 Å². The van der Waals surface area contributed by atoms with Crippen LogP contribution < -0.4 is 0 Å². The van der Waals surface area contributed by atoms with E-state index in [-0.39, 0.29) is 5.92 Å². The molecule has 36 heavy (non-hydrogen) atoms. The molecule has 204 valence electrons. The van der Waals surface area contributed by atoms with E-state index in [1.54, 1.807) is 6.92 Å². The first-order valence-electron chi connectivity index (χ1n) is 11.4. The second-order valence-corrected chi connectivity index (χ2v) is 10.5. The fraction of sp³-hybridized carbons (Fsp3) is 0.810. The number of carbonyl (C=O) groups is 4. The first-order chi connectivity index (χ1) is 16.7. The molecular formula is C21H28F2O12S. The van der Waals surface area contributed by atoms with E-state index < -0.39 is 94.4 Å². The number of hydrogen-bond acceptors (Lipinski definition) is 11. The van der Waals surface area contributed by atoms with Gasteiger partial charge in [-0.3, -0.25) is 23.7 Å². The Morgan fingerprint density at radius 2 is 1.78 bits per heavy atom. The Morgan fingerprint density at radius 3 is 2.39 bits per heavy atom. The molecule has 3 aliphatic rings. The molecule has 1 heterocycles. The normalized spacial score (nSPS) is 30.4. The molecule has 0 radical (unpaired) electrons. The monoisotopic (exact) mass is 542 g/mol. The van der Waals surface area contributed by atoms with Crippen LogP contribution in [-0.4, -0.2) is 73.3 Å². The van der Waals surface area contributed by atoms with Gasteiger partial charge >= 0.3 is 39.2 Å². The molecule has 1 N–H and O–H groups in total. The lowest BCUT2D eigenvalue weighted by Gasteiger charge is -2.30. The van der Waals surface area contributed by atoms with Crippen LogP contribution in [0.25, 0.3) is 0 Å². The summed E-state index contributed by atoms with van der Waals surface area (Å²) in [5.41, 5.74) is 0. The van der Waals surface area contributed by atoms with E-state index in [9.17, 15) is 36.4 Å². The highest BCUT2D eigenvalue weighted by atomic mass is 32.2. The smallest absolute Gasteiger partial charge is 0.405 e. The minimum Gasteiger partial charge on any atom is -0.458 e. The second kappa shape index (κ2) is 10.5. The predicted octanol–water partition coefficient (Wildman–Crippen LogP) is 1.21. The number of fused-ring (bicyclic) bond motifs is 1. The van der Waals surface area contributed by atoms with Crippen molar-refractivity contribution in [3.63, 3.8) is 0 Å². The number of esters is 4. The van der Waals surface area contributed by atoms with Gasteiger partial charge in [0, 0.05) is 11.8 Å². The van der Waals surface area contributed by atoms with Crippen LogP contribution in [0.1, 0.15) is 46.5 Å². The highest BCUT2D eigenvalue weighted by Gasteiger charge is 2.70. The predicted molar refractivity (Wildman–Crippen MR) is 111 cm³/mol. The molecule has 1 aliphatic heterocycles. The van der Waals surface area contributed by atoms with E-state index in [4.69, 9.17) is 23.5 Å². The van der Waals surface area contributed by atoms with Crippen molar-refractivity contribution in [2.45, 2.75) is 76.3 Å². The minimum atomic E-state index is -5.82. The second-order valence-electron chi connectivity index (χ2n) is 9.02. The number of halogens is 2. The maximum Gasteiger partial charge on any atom is 0.405 e. The van der Waals surface area contributed by atoms with Crippen molar-refractivity contribution in [1.82, 2.24) is 0 Å². The number of ether oxygens (including phenoxy) is 5. The highest BCUT2D eigenvalue weighted by molar-refractivity contribution is 7.86. The summed E-state index contributed by atoms with van der Waals surface area (Å²) in [6.45, 7) is 4.36. The fourth-order valence-electron chi connectivity index (χ4n) is 4.98. The Labute approximate surface area is 205 Å². The van der Waals surface area contributed by atoms with E-state index >= 15 is 0 Å². The van der Waals surface area contributed by atoms with Crippen molar-refractivity contribution in [2.24, 2.45) is 23.7 Å². The largest absolute Gasteiger partial charge is 0.458 e. The third-order valence-electron chi connectivity index (χ3n) is 6.58. The van der Waals surface area contributed by atoms with Crippen LogP contribution in [0.4, 0.5) is 8.78 Å². The van der Waals surface area contributed by atoms with Crippen LogP contribution in [0.15, 0.2) is 0 Å². The van der Waals surface area contributed by atoms with Crippen molar-refractivity contribution >= 4 is 34.0 Å². The Bertz CT molecular complexity index is 999. The molecule has 0 spiro atoms. The van der Waals surface area contributed by atoms with Crippen molar-refractivity contribution < 1.29 is 64.6 Å². The molecule has 8 unspecified atom stereocenters. The van der Waals surface area contributed by atoms with Crippen LogP contribution >= 0.6 is 0 Å². The Hall–Kier alpha value is -2.39. The number of hydrogen-bond donors (Lipinski definition) is 1.